The molecule has 13 heavy (non-hydrogen) atoms. The van der Waals surface area contributed by atoms with Crippen LogP contribution in [0.4, 0.5) is 0 Å². The number of nitrogens with two attached hydrogens (primary N) is 1. The summed E-state index contributed by atoms with van der Waals surface area (Å²) in [5.74, 6) is 0. The van der Waals surface area contributed by atoms with E-state index in [9.17, 15) is 0 Å². The second-order valence-electron chi connectivity index (χ2n) is 3.70. The lowest BCUT2D eigenvalue weighted by molar-refractivity contribution is 0.192. The molecule has 1 heterocycles. The van der Waals surface area contributed by atoms with E-state index in [0.717, 1.165) is 19.6 Å². The van der Waals surface area contributed by atoms with Crippen molar-refractivity contribution in [3.8, 4) is 0 Å². The van der Waals surface area contributed by atoms with Crippen LogP contribution in [0.15, 0.2) is 0 Å². The third-order valence-electron chi connectivity index (χ3n) is 2.88. The highest BCUT2D eigenvalue weighted by Crippen LogP contribution is 2.32. The molecule has 0 aromatic rings. The molecule has 2 nitrogen and oxygen atoms in total. The van der Waals surface area contributed by atoms with E-state index < -0.39 is 0 Å². The van der Waals surface area contributed by atoms with Crippen molar-refractivity contribution in [1.29, 1.82) is 0 Å². The summed E-state index contributed by atoms with van der Waals surface area (Å²) in [5, 5.41) is 3.38. The predicted octanol–water partition coefficient (Wildman–Crippen LogP) is 2.14. The van der Waals surface area contributed by atoms with Gasteiger partial charge in [-0.15, -0.1) is 0 Å². The second kappa shape index (κ2) is 7.34. The molecule has 1 fully saturated rings. The number of piperidine rings is 1. The molecular weight excluding hydrogens is 160 g/mol. The Balaban J connectivity index is 0.000000671. The molecule has 0 unspecified atom stereocenters. The summed E-state index contributed by atoms with van der Waals surface area (Å²) in [4.78, 5) is 0. The van der Waals surface area contributed by atoms with Gasteiger partial charge in [-0.05, 0) is 44.3 Å². The highest BCUT2D eigenvalue weighted by Gasteiger charge is 2.28. The van der Waals surface area contributed by atoms with E-state index in [1.807, 2.05) is 13.8 Å². The van der Waals surface area contributed by atoms with Crippen molar-refractivity contribution in [2.45, 2.75) is 46.5 Å². The van der Waals surface area contributed by atoms with Crippen LogP contribution in [0.25, 0.3) is 0 Å². The summed E-state index contributed by atoms with van der Waals surface area (Å²) in [6.45, 7) is 9.45. The molecule has 0 saturated carbocycles. The van der Waals surface area contributed by atoms with Gasteiger partial charge in [0, 0.05) is 0 Å². The van der Waals surface area contributed by atoms with Gasteiger partial charge in [-0.25, -0.2) is 0 Å². The Morgan fingerprint density at radius 2 is 1.77 bits per heavy atom. The Hall–Kier alpha value is -0.0800. The number of hydrogen-bond acceptors (Lipinski definition) is 2. The van der Waals surface area contributed by atoms with Crippen molar-refractivity contribution in [1.82, 2.24) is 5.32 Å². The summed E-state index contributed by atoms with van der Waals surface area (Å²) in [6, 6.07) is 0. The van der Waals surface area contributed by atoms with Crippen molar-refractivity contribution in [3.05, 3.63) is 0 Å². The number of nitrogens with one attached hydrogen (secondary N) is 1. The zero-order chi connectivity index (χ0) is 10.2. The van der Waals surface area contributed by atoms with Gasteiger partial charge in [-0.3, -0.25) is 0 Å². The van der Waals surface area contributed by atoms with Crippen molar-refractivity contribution in [2.24, 2.45) is 11.1 Å². The molecule has 1 aliphatic heterocycles. The first kappa shape index (κ1) is 12.9. The lowest BCUT2D eigenvalue weighted by Crippen LogP contribution is -2.41. The fourth-order valence-corrected chi connectivity index (χ4v) is 2.04. The number of rotatable bonds is 3. The minimum atomic E-state index is 0.486. The Bertz CT molecular complexity index is 101. The lowest BCUT2D eigenvalue weighted by Gasteiger charge is -2.36. The third-order valence-corrected chi connectivity index (χ3v) is 2.88. The monoisotopic (exact) mass is 186 g/mol. The van der Waals surface area contributed by atoms with E-state index in [1.54, 1.807) is 0 Å². The average molecular weight is 186 g/mol. The molecule has 3 N–H and O–H groups in total. The molecule has 0 aromatic carbocycles. The van der Waals surface area contributed by atoms with Crippen LogP contribution < -0.4 is 11.1 Å². The minimum Gasteiger partial charge on any atom is -0.330 e. The van der Waals surface area contributed by atoms with E-state index >= 15 is 0 Å². The summed E-state index contributed by atoms with van der Waals surface area (Å²) in [5.41, 5.74) is 6.28. The van der Waals surface area contributed by atoms with Crippen LogP contribution >= 0.6 is 0 Å². The fraction of sp³-hybridized carbons (Fsp3) is 1.00. The lowest BCUT2D eigenvalue weighted by atomic mass is 9.75. The van der Waals surface area contributed by atoms with Crippen LogP contribution in [0.3, 0.4) is 0 Å². The van der Waals surface area contributed by atoms with E-state index in [1.165, 1.54) is 25.7 Å². The normalized spacial score (nSPS) is 20.3. The second-order valence-corrected chi connectivity index (χ2v) is 3.70. The van der Waals surface area contributed by atoms with Crippen LogP contribution in [0, 0.1) is 5.41 Å². The first-order chi connectivity index (χ1) is 6.33. The van der Waals surface area contributed by atoms with Gasteiger partial charge in [0.15, 0.2) is 0 Å². The predicted molar refractivity (Wildman–Crippen MR) is 59.8 cm³/mol. The summed E-state index contributed by atoms with van der Waals surface area (Å²) < 4.78 is 0. The molecule has 80 valence electrons. The Morgan fingerprint density at radius 1 is 1.23 bits per heavy atom. The summed E-state index contributed by atoms with van der Waals surface area (Å²) in [6.07, 6.45) is 5.14. The zero-order valence-electron chi connectivity index (χ0n) is 9.53. The fourth-order valence-electron chi connectivity index (χ4n) is 2.04. The highest BCUT2D eigenvalue weighted by molar-refractivity contribution is 4.84. The van der Waals surface area contributed by atoms with E-state index in [0.29, 0.717) is 5.41 Å². The average Bonchev–Trinajstić information content (AvgIpc) is 2.23. The van der Waals surface area contributed by atoms with Crippen molar-refractivity contribution >= 4 is 0 Å². The van der Waals surface area contributed by atoms with Gasteiger partial charge in [-0.1, -0.05) is 27.2 Å². The minimum absolute atomic E-state index is 0.486. The smallest absolute Gasteiger partial charge is 0.00196 e. The maximum atomic E-state index is 5.80. The Kier molecular flexibility index (Phi) is 7.29. The summed E-state index contributed by atoms with van der Waals surface area (Å²) >= 11 is 0. The van der Waals surface area contributed by atoms with Crippen LogP contribution in [0.2, 0.25) is 0 Å². The van der Waals surface area contributed by atoms with Gasteiger partial charge in [0.2, 0.25) is 0 Å². The van der Waals surface area contributed by atoms with Crippen LogP contribution in [-0.2, 0) is 0 Å². The zero-order valence-corrected chi connectivity index (χ0v) is 9.53. The van der Waals surface area contributed by atoms with Gasteiger partial charge in [0.25, 0.3) is 0 Å². The molecule has 0 amide bonds. The van der Waals surface area contributed by atoms with Gasteiger partial charge in [-0.2, -0.15) is 0 Å². The largest absolute Gasteiger partial charge is 0.330 e. The molecule has 0 aromatic heterocycles. The Labute approximate surface area is 83.3 Å². The van der Waals surface area contributed by atoms with Gasteiger partial charge in [0.1, 0.15) is 0 Å². The Morgan fingerprint density at radius 3 is 2.15 bits per heavy atom. The van der Waals surface area contributed by atoms with Crippen molar-refractivity contribution in [2.75, 3.05) is 19.6 Å². The maximum Gasteiger partial charge on any atom is -0.00196 e. The van der Waals surface area contributed by atoms with Crippen LogP contribution in [-0.4, -0.2) is 19.6 Å². The molecule has 1 aliphatic rings. The standard InChI is InChI=1S/C9H20N2.C2H6/c1-2-3-9(8-10)4-6-11-7-5-9;1-2/h11H,2-8,10H2,1H3;1-2H3. The van der Waals surface area contributed by atoms with Crippen molar-refractivity contribution in [3.63, 3.8) is 0 Å². The van der Waals surface area contributed by atoms with Crippen molar-refractivity contribution < 1.29 is 0 Å². The van der Waals surface area contributed by atoms with E-state index in [4.69, 9.17) is 5.73 Å². The number of hydrogen-bond donors (Lipinski definition) is 2. The molecular formula is C11H26N2. The van der Waals surface area contributed by atoms with E-state index in [2.05, 4.69) is 12.2 Å². The van der Waals surface area contributed by atoms with E-state index in [-0.39, 0.29) is 0 Å². The van der Waals surface area contributed by atoms with Gasteiger partial charge in [0.05, 0.1) is 0 Å². The molecule has 0 atom stereocenters. The molecule has 0 bridgehead atoms. The van der Waals surface area contributed by atoms with Crippen LogP contribution in [0.1, 0.15) is 46.5 Å². The molecule has 0 aliphatic carbocycles. The van der Waals surface area contributed by atoms with Gasteiger partial charge >= 0.3 is 0 Å². The molecule has 1 rings (SSSR count). The molecule has 0 spiro atoms. The van der Waals surface area contributed by atoms with Crippen LogP contribution in [0.5, 0.6) is 0 Å². The molecule has 1 saturated heterocycles. The highest BCUT2D eigenvalue weighted by atomic mass is 14.9. The summed E-state index contributed by atoms with van der Waals surface area (Å²) in [7, 11) is 0. The first-order valence-corrected chi connectivity index (χ1v) is 5.74. The SMILES string of the molecule is CC.CCCC1(CN)CCNCC1. The quantitative estimate of drug-likeness (QED) is 0.708. The topological polar surface area (TPSA) is 38.0 Å². The molecule has 0 radical (unpaired) electrons. The first-order valence-electron chi connectivity index (χ1n) is 5.74. The maximum absolute atomic E-state index is 5.80. The molecule has 2 heteroatoms. The third kappa shape index (κ3) is 4.10. The van der Waals surface area contributed by atoms with Gasteiger partial charge < -0.3 is 11.1 Å².